The van der Waals surface area contributed by atoms with Gasteiger partial charge in [-0.05, 0) is 101 Å². The Balaban J connectivity index is 0.730. The van der Waals surface area contributed by atoms with Crippen molar-refractivity contribution in [2.45, 2.75) is 103 Å². The molecule has 17 nitrogen and oxygen atoms in total. The van der Waals surface area contributed by atoms with Gasteiger partial charge in [0.05, 0.1) is 44.6 Å². The molecule has 17 heteroatoms. The first-order valence-corrected chi connectivity index (χ1v) is 25.1. The van der Waals surface area contributed by atoms with Crippen molar-refractivity contribution in [3.05, 3.63) is 78.8 Å². The molecule has 1 aliphatic carbocycles. The molecule has 6 heterocycles. The van der Waals surface area contributed by atoms with Crippen molar-refractivity contribution in [1.82, 2.24) is 39.2 Å². The number of pyridine rings is 1. The Bertz CT molecular complexity index is 2770. The summed E-state index contributed by atoms with van der Waals surface area (Å²) in [7, 11) is 0. The highest BCUT2D eigenvalue weighted by Gasteiger charge is 2.32. The number of hydrogen-bond acceptors (Lipinski definition) is 13. The Morgan fingerprint density at radius 3 is 2.37 bits per heavy atom. The number of imide groups is 1. The number of fused-ring (bicyclic) bond motifs is 4. The number of aliphatic hydroxyl groups is 1. The van der Waals surface area contributed by atoms with Gasteiger partial charge in [0.25, 0.3) is 0 Å². The summed E-state index contributed by atoms with van der Waals surface area (Å²) >= 11 is 0. The highest BCUT2D eigenvalue weighted by molar-refractivity contribution is 6.10. The van der Waals surface area contributed by atoms with E-state index < -0.39 is 17.7 Å². The molecule has 1 unspecified atom stereocenters. The maximum atomic E-state index is 13.6. The summed E-state index contributed by atoms with van der Waals surface area (Å²) in [4.78, 5) is 59.4. The molecular formula is C53H68N10O7. The smallest absolute Gasteiger partial charge is 0.414 e. The first-order chi connectivity index (χ1) is 33.9. The number of rotatable bonds is 18. The van der Waals surface area contributed by atoms with E-state index >= 15 is 0 Å². The number of nitrogens with one attached hydrogen (secondary N) is 2. The molecule has 70 heavy (non-hydrogen) atoms. The minimum absolute atomic E-state index is 0.211. The van der Waals surface area contributed by atoms with Crippen molar-refractivity contribution in [3.8, 4) is 11.1 Å². The Hall–Kier alpha value is -5.98. The first-order valence-electron chi connectivity index (χ1n) is 25.1. The van der Waals surface area contributed by atoms with Crippen molar-refractivity contribution in [3.63, 3.8) is 0 Å². The standard InChI is InChI=1S/C53H68N10O7/c1-5-20-55-51-56-33-43-44(35-62(49(43)58-51)38-12-15-40(64)16-13-38)37-10-8-36(9-11-37)34-60-24-22-59(23-25-60)26-28-68-30-31-69-29-27-61(52(67)70-53(2,3)4)39-14-17-45-42(32-39)41-7-6-21-54-48(41)63(45)46-18-19-47(65)57-50(46)66/h6-11,14,17,21,32-33,35,38,40,46,64H,5,12-13,15-16,18-20,22-31,34H2,1-4H3,(H,55,56,58)(H,57,65,66). The van der Waals surface area contributed by atoms with Crippen LogP contribution in [0.5, 0.6) is 0 Å². The van der Waals surface area contributed by atoms with Crippen LogP contribution in [0, 0.1) is 0 Å². The highest BCUT2D eigenvalue weighted by atomic mass is 16.6. The van der Waals surface area contributed by atoms with Gasteiger partial charge in [0.1, 0.15) is 22.9 Å². The van der Waals surface area contributed by atoms with Crippen LogP contribution in [-0.4, -0.2) is 141 Å². The fourth-order valence-electron chi connectivity index (χ4n) is 10.0. The molecule has 3 amide bonds. The minimum Gasteiger partial charge on any atom is -0.443 e. The second-order valence-electron chi connectivity index (χ2n) is 19.9. The summed E-state index contributed by atoms with van der Waals surface area (Å²) in [5.41, 5.74) is 5.88. The molecule has 1 saturated carbocycles. The lowest BCUT2D eigenvalue weighted by molar-refractivity contribution is -0.135. The molecule has 3 aliphatic rings. The molecule has 0 spiro atoms. The van der Waals surface area contributed by atoms with Crippen LogP contribution in [0.3, 0.4) is 0 Å². The number of hydrogen-bond donors (Lipinski definition) is 3. The van der Waals surface area contributed by atoms with E-state index in [1.54, 1.807) is 11.1 Å². The second-order valence-corrected chi connectivity index (χ2v) is 19.9. The third-order valence-corrected chi connectivity index (χ3v) is 13.7. The normalized spacial score (nSPS) is 19.5. The van der Waals surface area contributed by atoms with E-state index in [0.29, 0.717) is 49.6 Å². The van der Waals surface area contributed by atoms with Gasteiger partial charge in [-0.1, -0.05) is 31.2 Å². The second kappa shape index (κ2) is 22.0. The monoisotopic (exact) mass is 957 g/mol. The largest absolute Gasteiger partial charge is 0.443 e. The van der Waals surface area contributed by atoms with Gasteiger partial charge in [-0.2, -0.15) is 4.98 Å². The number of carbonyl (C=O) groups is 3. The minimum atomic E-state index is -0.708. The molecule has 2 saturated heterocycles. The van der Waals surface area contributed by atoms with Crippen molar-refractivity contribution in [2.24, 2.45) is 0 Å². The Morgan fingerprint density at radius 1 is 0.871 bits per heavy atom. The van der Waals surface area contributed by atoms with Crippen molar-refractivity contribution >= 4 is 62.5 Å². The van der Waals surface area contributed by atoms with Crippen molar-refractivity contribution in [2.75, 3.05) is 82.5 Å². The number of aliphatic hydroxyl groups excluding tert-OH is 1. The summed E-state index contributed by atoms with van der Waals surface area (Å²) in [6.07, 6.45) is 10.3. The van der Waals surface area contributed by atoms with Crippen LogP contribution in [0.1, 0.15) is 90.3 Å². The molecule has 1 atom stereocenters. The van der Waals surface area contributed by atoms with Crippen LogP contribution >= 0.6 is 0 Å². The van der Waals surface area contributed by atoms with Crippen LogP contribution in [0.4, 0.5) is 16.4 Å². The van der Waals surface area contributed by atoms with Crippen LogP contribution in [-0.2, 0) is 30.3 Å². The average Bonchev–Trinajstić information content (AvgIpc) is 3.89. The van der Waals surface area contributed by atoms with Gasteiger partial charge >= 0.3 is 6.09 Å². The van der Waals surface area contributed by atoms with Gasteiger partial charge in [0.15, 0.2) is 0 Å². The van der Waals surface area contributed by atoms with E-state index in [1.807, 2.05) is 61.9 Å². The number of carbonyl (C=O) groups excluding carboxylic acids is 3. The number of ether oxygens (including phenoxy) is 3. The summed E-state index contributed by atoms with van der Waals surface area (Å²) < 4.78 is 22.0. The summed E-state index contributed by atoms with van der Waals surface area (Å²) in [6.45, 7) is 16.1. The summed E-state index contributed by atoms with van der Waals surface area (Å²) in [5.74, 6) is 0.0306. The lowest BCUT2D eigenvalue weighted by Crippen LogP contribution is -2.46. The molecule has 2 aliphatic heterocycles. The molecule has 2 aromatic carbocycles. The number of piperidine rings is 1. The van der Waals surface area contributed by atoms with Gasteiger partial charge < -0.3 is 33.8 Å². The number of nitrogens with zero attached hydrogens (tertiary/aromatic N) is 8. The first kappa shape index (κ1) is 49.0. The van der Waals surface area contributed by atoms with Gasteiger partial charge in [0.2, 0.25) is 17.8 Å². The van der Waals surface area contributed by atoms with Gasteiger partial charge in [-0.3, -0.25) is 29.6 Å². The Morgan fingerprint density at radius 2 is 1.63 bits per heavy atom. The van der Waals surface area contributed by atoms with Gasteiger partial charge in [0, 0.05) is 104 Å². The lowest BCUT2D eigenvalue weighted by atomic mass is 9.93. The SMILES string of the molecule is CCCNc1ncc2c(-c3ccc(CN4CCN(CCOCCOCCN(C(=O)OC(C)(C)C)c5ccc6c(c5)c5cccnc5n6C5CCC(=O)NC5=O)CC4)cc3)cn(C3CCC(O)CC3)c2n1. The fourth-order valence-corrected chi connectivity index (χ4v) is 10.0. The average molecular weight is 957 g/mol. The predicted octanol–water partition coefficient (Wildman–Crippen LogP) is 7.47. The summed E-state index contributed by atoms with van der Waals surface area (Å²) in [6, 6.07) is 18.1. The van der Waals surface area contributed by atoms with Gasteiger partial charge in [-0.25, -0.2) is 14.8 Å². The molecule has 9 rings (SSSR count). The van der Waals surface area contributed by atoms with E-state index in [1.165, 1.54) is 5.56 Å². The predicted molar refractivity (Wildman–Crippen MR) is 271 cm³/mol. The van der Waals surface area contributed by atoms with Crippen LogP contribution in [0.2, 0.25) is 0 Å². The lowest BCUT2D eigenvalue weighted by Gasteiger charge is -2.34. The maximum absolute atomic E-state index is 13.6. The summed E-state index contributed by atoms with van der Waals surface area (Å²) in [5, 5.41) is 18.7. The molecule has 372 valence electrons. The molecule has 0 bridgehead atoms. The highest BCUT2D eigenvalue weighted by Crippen LogP contribution is 2.38. The van der Waals surface area contributed by atoms with Crippen LogP contribution in [0.25, 0.3) is 44.1 Å². The third kappa shape index (κ3) is 11.4. The number of benzene rings is 2. The molecular weight excluding hydrogens is 889 g/mol. The molecule has 6 aromatic rings. The van der Waals surface area contributed by atoms with E-state index in [-0.39, 0.29) is 37.5 Å². The number of piperazine rings is 1. The van der Waals surface area contributed by atoms with Gasteiger partial charge in [-0.15, -0.1) is 0 Å². The molecule has 0 radical (unpaired) electrons. The molecule has 3 fully saturated rings. The van der Waals surface area contributed by atoms with Crippen LogP contribution < -0.4 is 15.5 Å². The zero-order valence-electron chi connectivity index (χ0n) is 41.1. The quantitative estimate of drug-likeness (QED) is 0.0571. The molecule has 3 N–H and O–H groups in total. The fraction of sp³-hybridized carbons (Fsp3) is 0.509. The zero-order valence-corrected chi connectivity index (χ0v) is 41.1. The third-order valence-electron chi connectivity index (χ3n) is 13.7. The van der Waals surface area contributed by atoms with E-state index in [4.69, 9.17) is 19.2 Å². The Kier molecular flexibility index (Phi) is 15.4. The number of amides is 3. The molecule has 4 aromatic heterocycles. The Labute approximate surface area is 409 Å². The number of anilines is 2. The number of aromatic nitrogens is 5. The topological polar surface area (TPSA) is 181 Å². The van der Waals surface area contributed by atoms with Crippen molar-refractivity contribution < 1.29 is 33.7 Å². The van der Waals surface area contributed by atoms with Crippen molar-refractivity contribution in [1.29, 1.82) is 0 Å². The zero-order chi connectivity index (χ0) is 48.8. The van der Waals surface area contributed by atoms with Crippen LogP contribution in [0.15, 0.2) is 73.2 Å². The maximum Gasteiger partial charge on any atom is 0.414 e. The van der Waals surface area contributed by atoms with E-state index in [9.17, 15) is 19.5 Å². The van der Waals surface area contributed by atoms with E-state index in [0.717, 1.165) is 116 Å². The van der Waals surface area contributed by atoms with E-state index in [2.05, 4.69) is 72.4 Å².